The zero-order valence-corrected chi connectivity index (χ0v) is 8.79. The first kappa shape index (κ1) is 22.6. The van der Waals surface area contributed by atoms with E-state index in [4.69, 9.17) is 25.2 Å². The van der Waals surface area contributed by atoms with Crippen LogP contribution < -0.4 is 0 Å². The molecule has 13 heavy (non-hydrogen) atoms. The van der Waals surface area contributed by atoms with E-state index in [1.54, 1.807) is 0 Å². The van der Waals surface area contributed by atoms with Gasteiger partial charge in [-0.2, -0.15) is 0 Å². The van der Waals surface area contributed by atoms with Gasteiger partial charge in [-0.05, 0) is 0 Å². The van der Waals surface area contributed by atoms with Crippen LogP contribution in [0.2, 0.25) is 0 Å². The summed E-state index contributed by atoms with van der Waals surface area (Å²) in [4.78, 5) is 18.1. The van der Waals surface area contributed by atoms with Crippen LogP contribution in [-0.4, -0.2) is 28.4 Å². The normalized spacial score (nSPS) is 5.31. The molecule has 0 saturated heterocycles. The van der Waals surface area contributed by atoms with Gasteiger partial charge in [0.1, 0.15) is 6.21 Å². The number of hydrogen-bond acceptors (Lipinski definition) is 3. The molecule has 0 aliphatic rings. The molecular formula is C8H19NO4. The number of hydrogen-bond donors (Lipinski definition) is 3. The molecule has 5 nitrogen and oxygen atoms in total. The van der Waals surface area contributed by atoms with Crippen LogP contribution in [0.1, 0.15) is 34.6 Å². The fourth-order valence-corrected chi connectivity index (χ4v) is 0. The minimum Gasteiger partial charge on any atom is -0.481 e. The molecule has 0 aromatic rings. The fourth-order valence-electron chi connectivity index (χ4n) is 0. The second-order valence-corrected chi connectivity index (χ2v) is 1.00. The lowest BCUT2D eigenvalue weighted by Crippen LogP contribution is -1.91. The summed E-state index contributed by atoms with van der Waals surface area (Å²) in [5.41, 5.74) is 0. The molecule has 0 aromatic carbocycles. The van der Waals surface area contributed by atoms with Gasteiger partial charge in [0.25, 0.3) is 5.97 Å². The van der Waals surface area contributed by atoms with Crippen LogP contribution in [0, 0.1) is 5.41 Å². The summed E-state index contributed by atoms with van der Waals surface area (Å²) < 4.78 is 0. The minimum absolute atomic E-state index is 0.333. The molecule has 5 heteroatoms. The number of aliphatic carboxylic acids is 2. The van der Waals surface area contributed by atoms with Crippen LogP contribution in [0.5, 0.6) is 0 Å². The van der Waals surface area contributed by atoms with Gasteiger partial charge in [-0.25, -0.2) is 4.79 Å². The first-order valence-corrected chi connectivity index (χ1v) is 3.93. The summed E-state index contributed by atoms with van der Waals surface area (Å²) >= 11 is 0. The van der Waals surface area contributed by atoms with E-state index in [0.717, 1.165) is 6.92 Å². The number of nitrogens with one attached hydrogen (secondary N) is 1. The summed E-state index contributed by atoms with van der Waals surface area (Å²) in [7, 11) is 0. The Kier molecular flexibility index (Phi) is 54.0. The third kappa shape index (κ3) is 2110. The van der Waals surface area contributed by atoms with Gasteiger partial charge in [0.2, 0.25) is 0 Å². The average Bonchev–Trinajstić information content (AvgIpc) is 2.10. The Morgan fingerprint density at radius 3 is 1.15 bits per heavy atom. The fraction of sp³-hybridized carbons (Fsp3) is 0.625. The van der Waals surface area contributed by atoms with Gasteiger partial charge in [0.15, 0.2) is 0 Å². The largest absolute Gasteiger partial charge is 0.481 e. The van der Waals surface area contributed by atoms with E-state index in [9.17, 15) is 0 Å². The maximum absolute atomic E-state index is 9.12. The average molecular weight is 193 g/mol. The van der Waals surface area contributed by atoms with Crippen molar-refractivity contribution in [3.05, 3.63) is 0 Å². The topological polar surface area (TPSA) is 98.5 Å². The highest BCUT2D eigenvalue weighted by atomic mass is 16.4. The number of carboxylic acids is 2. The van der Waals surface area contributed by atoms with Crippen molar-refractivity contribution in [2.45, 2.75) is 34.6 Å². The molecule has 0 aliphatic heterocycles. The van der Waals surface area contributed by atoms with Crippen molar-refractivity contribution in [2.24, 2.45) is 0 Å². The maximum atomic E-state index is 9.12. The molecule has 80 valence electrons. The van der Waals surface area contributed by atoms with E-state index >= 15 is 0 Å². The highest BCUT2D eigenvalue weighted by Crippen LogP contribution is 1.42. The first-order chi connectivity index (χ1) is 6.00. The van der Waals surface area contributed by atoms with Crippen LogP contribution in [0.3, 0.4) is 0 Å². The van der Waals surface area contributed by atoms with Gasteiger partial charge < -0.3 is 15.6 Å². The third-order valence-corrected chi connectivity index (χ3v) is 0.123. The highest BCUT2D eigenvalue weighted by Gasteiger charge is 1.76. The molecular weight excluding hydrogens is 174 g/mol. The van der Waals surface area contributed by atoms with Crippen LogP contribution in [0.15, 0.2) is 0 Å². The Morgan fingerprint density at radius 2 is 1.15 bits per heavy atom. The smallest absolute Gasteiger partial charge is 0.346 e. The van der Waals surface area contributed by atoms with Crippen molar-refractivity contribution in [1.29, 1.82) is 5.41 Å². The molecule has 0 amide bonds. The molecule has 0 aliphatic carbocycles. The van der Waals surface area contributed by atoms with Gasteiger partial charge in [0, 0.05) is 6.92 Å². The van der Waals surface area contributed by atoms with E-state index < -0.39 is 11.9 Å². The van der Waals surface area contributed by atoms with Gasteiger partial charge in [-0.3, -0.25) is 4.79 Å². The molecule has 0 atom stereocenters. The molecule has 0 aromatic heterocycles. The maximum Gasteiger partial charge on any atom is 0.346 e. The molecule has 0 bridgehead atoms. The Hall–Kier alpha value is -1.39. The van der Waals surface area contributed by atoms with E-state index in [2.05, 4.69) is 0 Å². The van der Waals surface area contributed by atoms with Crippen molar-refractivity contribution < 1.29 is 19.8 Å². The van der Waals surface area contributed by atoms with Crippen molar-refractivity contribution in [1.82, 2.24) is 0 Å². The second-order valence-electron chi connectivity index (χ2n) is 1.00. The SMILES string of the molecule is CC.CC.CC(=O)O.N=CC(=O)O. The van der Waals surface area contributed by atoms with Gasteiger partial charge >= 0.3 is 5.97 Å². The van der Waals surface area contributed by atoms with E-state index in [1.807, 2.05) is 27.7 Å². The van der Waals surface area contributed by atoms with Gasteiger partial charge in [-0.15, -0.1) is 0 Å². The Balaban J connectivity index is -0.0000000457. The molecule has 0 heterocycles. The van der Waals surface area contributed by atoms with Crippen LogP contribution >= 0.6 is 0 Å². The van der Waals surface area contributed by atoms with E-state index in [-0.39, 0.29) is 0 Å². The highest BCUT2D eigenvalue weighted by molar-refractivity contribution is 6.20. The summed E-state index contributed by atoms with van der Waals surface area (Å²) in [5, 5.41) is 20.8. The summed E-state index contributed by atoms with van der Waals surface area (Å²) in [6, 6.07) is 0. The van der Waals surface area contributed by atoms with Crippen molar-refractivity contribution >= 4 is 18.2 Å². The monoisotopic (exact) mass is 193 g/mol. The van der Waals surface area contributed by atoms with Crippen molar-refractivity contribution in [2.75, 3.05) is 0 Å². The van der Waals surface area contributed by atoms with E-state index in [1.165, 1.54) is 0 Å². The molecule has 0 saturated carbocycles. The first-order valence-electron chi connectivity index (χ1n) is 3.93. The number of rotatable bonds is 1. The predicted molar refractivity (Wildman–Crippen MR) is 52.4 cm³/mol. The second kappa shape index (κ2) is 31.1. The van der Waals surface area contributed by atoms with Crippen molar-refractivity contribution in [3.8, 4) is 0 Å². The number of carboxylic acid groups (broad SMARTS) is 2. The van der Waals surface area contributed by atoms with Crippen LogP contribution in [0.4, 0.5) is 0 Å². The van der Waals surface area contributed by atoms with Crippen LogP contribution in [-0.2, 0) is 9.59 Å². The Morgan fingerprint density at radius 1 is 1.08 bits per heavy atom. The molecule has 0 fully saturated rings. The lowest BCUT2D eigenvalue weighted by molar-refractivity contribution is -0.134. The summed E-state index contributed by atoms with van der Waals surface area (Å²) in [5.74, 6) is -2.04. The quantitative estimate of drug-likeness (QED) is 0.553. The molecule has 0 unspecified atom stereocenters. The summed E-state index contributed by atoms with van der Waals surface area (Å²) in [6.07, 6.45) is 0.333. The Bertz CT molecular complexity index is 119. The minimum atomic E-state index is -1.20. The molecule has 0 radical (unpaired) electrons. The van der Waals surface area contributed by atoms with E-state index in [0.29, 0.717) is 6.21 Å². The molecule has 0 rings (SSSR count). The molecule has 0 spiro atoms. The standard InChI is InChI=1S/C2H3NO2.C2H4O2.2C2H6/c3-1-2(4)5;1-2(3)4;2*1-2/h1,3H,(H,4,5);1H3,(H,3,4);2*1-2H3. The zero-order chi connectivity index (χ0) is 11.9. The molecule has 3 N–H and O–H groups in total. The lowest BCUT2D eigenvalue weighted by atomic mass is 10.8. The van der Waals surface area contributed by atoms with Gasteiger partial charge in [-0.1, -0.05) is 27.7 Å². The predicted octanol–water partition coefficient (Wildman–Crippen LogP) is 1.86. The lowest BCUT2D eigenvalue weighted by Gasteiger charge is -1.63. The number of carbonyl (C=O) groups is 2. The van der Waals surface area contributed by atoms with Crippen molar-refractivity contribution in [3.63, 3.8) is 0 Å². The summed E-state index contributed by atoms with van der Waals surface area (Å²) in [6.45, 7) is 9.08. The van der Waals surface area contributed by atoms with Crippen LogP contribution in [0.25, 0.3) is 0 Å². The van der Waals surface area contributed by atoms with Gasteiger partial charge in [0.05, 0.1) is 0 Å². The third-order valence-electron chi connectivity index (χ3n) is 0.123. The zero-order valence-electron chi connectivity index (χ0n) is 8.79. The Labute approximate surface area is 78.9 Å².